The van der Waals surface area contributed by atoms with Gasteiger partial charge in [-0.15, -0.1) is 0 Å². The summed E-state index contributed by atoms with van der Waals surface area (Å²) in [7, 11) is -0.558. The summed E-state index contributed by atoms with van der Waals surface area (Å²) in [6.45, 7) is 1.81. The monoisotopic (exact) mass is 582 g/mol. The lowest BCUT2D eigenvalue weighted by molar-refractivity contribution is 0.173. The van der Waals surface area contributed by atoms with E-state index in [-0.39, 0.29) is 6.61 Å². The molecular weight excluding hydrogens is 541 g/mol. The second-order valence-electron chi connectivity index (χ2n) is 10.4. The van der Waals surface area contributed by atoms with Crippen molar-refractivity contribution >= 4 is 24.7 Å². The van der Waals surface area contributed by atoms with Crippen molar-refractivity contribution in [1.29, 1.82) is 0 Å². The quantitative estimate of drug-likeness (QED) is 0.115. The lowest BCUT2D eigenvalue weighted by Crippen LogP contribution is -2.20. The molecule has 0 unspecified atom stereocenters. The van der Waals surface area contributed by atoms with Crippen LogP contribution >= 0.6 is 15.9 Å². The average molecular weight is 584 g/mol. The molecule has 1 aliphatic rings. The topological polar surface area (TPSA) is 9.23 Å². The van der Waals surface area contributed by atoms with E-state index in [0.29, 0.717) is 17.9 Å². The Bertz CT molecular complexity index is 877. The highest BCUT2D eigenvalue weighted by Crippen LogP contribution is 2.36. The number of halogens is 4. The van der Waals surface area contributed by atoms with Crippen LogP contribution in [0.5, 0.6) is 5.75 Å². The van der Waals surface area contributed by atoms with Crippen LogP contribution in [0.4, 0.5) is 13.2 Å². The van der Waals surface area contributed by atoms with Gasteiger partial charge in [0.25, 0.3) is 0 Å². The van der Waals surface area contributed by atoms with Gasteiger partial charge >= 0.3 is 0 Å². The van der Waals surface area contributed by atoms with Crippen LogP contribution < -0.4 is 4.74 Å². The molecule has 1 heterocycles. The zero-order valence-corrected chi connectivity index (χ0v) is 24.5. The Morgan fingerprint density at radius 1 is 0.917 bits per heavy atom. The zero-order valence-electron chi connectivity index (χ0n) is 21.7. The van der Waals surface area contributed by atoms with Gasteiger partial charge in [0.15, 0.2) is 17.4 Å². The van der Waals surface area contributed by atoms with Crippen molar-refractivity contribution in [3.05, 3.63) is 53.6 Å². The molecule has 1 aliphatic heterocycles. The van der Waals surface area contributed by atoms with E-state index in [1.165, 1.54) is 61.5 Å². The van der Waals surface area contributed by atoms with Crippen LogP contribution in [0.15, 0.2) is 36.4 Å². The minimum absolute atomic E-state index is 0.322. The summed E-state index contributed by atoms with van der Waals surface area (Å²) in [5.41, 5.74) is 2.58. The molecule has 3 rings (SSSR count). The second-order valence-corrected chi connectivity index (χ2v) is 14.7. The van der Waals surface area contributed by atoms with Crippen LogP contribution in [-0.4, -0.2) is 26.9 Å². The van der Waals surface area contributed by atoms with Crippen LogP contribution in [-0.2, 0) is 0 Å². The van der Waals surface area contributed by atoms with Gasteiger partial charge in [-0.3, -0.25) is 0 Å². The fourth-order valence-corrected chi connectivity index (χ4v) is 9.23. The van der Waals surface area contributed by atoms with Gasteiger partial charge in [0.2, 0.25) is 0 Å². The van der Waals surface area contributed by atoms with Crippen LogP contribution in [0.2, 0.25) is 18.1 Å². The molecule has 200 valence electrons. The van der Waals surface area contributed by atoms with Gasteiger partial charge in [-0.2, -0.15) is 0 Å². The number of hydrogen-bond acceptors (Lipinski definition) is 1. The van der Waals surface area contributed by atoms with E-state index in [1.807, 2.05) is 12.1 Å². The third-order valence-corrected chi connectivity index (χ3v) is 11.7. The molecule has 2 aromatic carbocycles. The largest absolute Gasteiger partial charge is 0.485 e. The fourth-order valence-electron chi connectivity index (χ4n) is 5.35. The van der Waals surface area contributed by atoms with Crippen molar-refractivity contribution in [3.8, 4) is 16.9 Å². The first-order valence-electron chi connectivity index (χ1n) is 13.9. The number of hydrogen-bond donors (Lipinski definition) is 0. The third kappa shape index (κ3) is 9.23. The standard InChI is InChI=1S/C30H42BrF3OSi/c1-2-3-4-5-6-9-27(32)22-35-30-28(33)20-26(21-29(30)34)24-12-10-23(11-13-24)25-14-18-36(19-15-25)17-8-7-16-31/h10-13,20-21,25,27,36H,2-9,14-19,22H2,1H3/t25-,27-,36-/m0/s1. The smallest absolute Gasteiger partial charge is 0.190 e. The molecule has 1 saturated heterocycles. The maximum Gasteiger partial charge on any atom is 0.190 e. The molecule has 0 saturated carbocycles. The van der Waals surface area contributed by atoms with Gasteiger partial charge in [0.1, 0.15) is 12.8 Å². The van der Waals surface area contributed by atoms with Gasteiger partial charge in [0.05, 0.1) is 0 Å². The van der Waals surface area contributed by atoms with E-state index >= 15 is 0 Å². The molecule has 0 radical (unpaired) electrons. The van der Waals surface area contributed by atoms with Crippen molar-refractivity contribution in [2.75, 3.05) is 11.9 Å². The molecule has 6 heteroatoms. The highest BCUT2D eigenvalue weighted by atomic mass is 79.9. The van der Waals surface area contributed by atoms with E-state index in [9.17, 15) is 13.2 Å². The molecule has 0 N–H and O–H groups in total. The molecule has 0 bridgehead atoms. The Morgan fingerprint density at radius 3 is 2.22 bits per heavy atom. The number of alkyl halides is 2. The van der Waals surface area contributed by atoms with Crippen LogP contribution in [0.1, 0.15) is 82.6 Å². The summed E-state index contributed by atoms with van der Waals surface area (Å²) in [5, 5.41) is 1.12. The molecule has 1 fully saturated rings. The Labute approximate surface area is 226 Å². The van der Waals surface area contributed by atoms with Crippen LogP contribution in [0, 0.1) is 11.6 Å². The Balaban J connectivity index is 1.51. The number of rotatable bonds is 15. The Hall–Kier alpha value is -1.27. The van der Waals surface area contributed by atoms with Crippen molar-refractivity contribution in [3.63, 3.8) is 0 Å². The molecule has 1 nitrogen and oxygen atoms in total. The van der Waals surface area contributed by atoms with Gasteiger partial charge in [0, 0.05) is 14.1 Å². The maximum atomic E-state index is 14.7. The summed E-state index contributed by atoms with van der Waals surface area (Å²) in [6, 6.07) is 15.0. The number of ether oxygens (including phenoxy) is 1. The molecule has 0 spiro atoms. The molecule has 0 aromatic heterocycles. The Kier molecular flexibility index (Phi) is 12.9. The third-order valence-electron chi connectivity index (χ3n) is 7.59. The molecule has 36 heavy (non-hydrogen) atoms. The maximum absolute atomic E-state index is 14.7. The summed E-state index contributed by atoms with van der Waals surface area (Å²) in [4.78, 5) is 0. The SMILES string of the molecule is CCCCCCC[C@H](F)COc1c(F)cc(-c2ccc([C@H]3CC[Si@H](CCCCBr)CC3)cc2)cc1F. The lowest BCUT2D eigenvalue weighted by Gasteiger charge is -2.28. The number of benzene rings is 2. The normalized spacial score (nSPS) is 18.8. The average Bonchev–Trinajstić information content (AvgIpc) is 2.88. The first kappa shape index (κ1) is 29.3. The van der Waals surface area contributed by atoms with Crippen molar-refractivity contribution in [2.24, 2.45) is 0 Å². The fraction of sp³-hybridized carbons (Fsp3) is 0.600. The van der Waals surface area contributed by atoms with E-state index in [0.717, 1.165) is 43.0 Å². The molecule has 0 amide bonds. The van der Waals surface area contributed by atoms with E-state index < -0.39 is 32.4 Å². The van der Waals surface area contributed by atoms with Gasteiger partial charge in [-0.05, 0) is 60.4 Å². The van der Waals surface area contributed by atoms with E-state index in [4.69, 9.17) is 4.74 Å². The molecular formula is C30H42BrF3OSi. The highest BCUT2D eigenvalue weighted by Gasteiger charge is 2.23. The van der Waals surface area contributed by atoms with Crippen LogP contribution in [0.3, 0.4) is 0 Å². The summed E-state index contributed by atoms with van der Waals surface area (Å²) in [6.07, 6.45) is 9.47. The summed E-state index contributed by atoms with van der Waals surface area (Å²) >= 11 is 3.53. The van der Waals surface area contributed by atoms with Crippen molar-refractivity contribution in [1.82, 2.24) is 0 Å². The van der Waals surface area contributed by atoms with Gasteiger partial charge in [-0.1, -0.05) is 104 Å². The highest BCUT2D eigenvalue weighted by molar-refractivity contribution is 9.09. The Morgan fingerprint density at radius 2 is 1.58 bits per heavy atom. The predicted octanol–water partition coefficient (Wildman–Crippen LogP) is 9.99. The minimum Gasteiger partial charge on any atom is -0.485 e. The van der Waals surface area contributed by atoms with Crippen molar-refractivity contribution in [2.45, 2.75) is 101 Å². The minimum atomic E-state index is -1.22. The first-order chi connectivity index (χ1) is 17.5. The van der Waals surface area contributed by atoms with E-state index in [1.54, 1.807) is 0 Å². The lowest BCUT2D eigenvalue weighted by atomic mass is 9.92. The number of unbranched alkanes of at least 4 members (excludes halogenated alkanes) is 5. The summed E-state index contributed by atoms with van der Waals surface area (Å²) in [5.74, 6) is -1.45. The molecule has 0 aliphatic carbocycles. The first-order valence-corrected chi connectivity index (χ1v) is 17.5. The molecule has 2 aromatic rings. The zero-order chi connectivity index (χ0) is 25.8. The summed E-state index contributed by atoms with van der Waals surface area (Å²) < 4.78 is 48.7. The molecule has 1 atom stereocenters. The van der Waals surface area contributed by atoms with Crippen LogP contribution in [0.25, 0.3) is 11.1 Å². The predicted molar refractivity (Wildman–Crippen MR) is 152 cm³/mol. The van der Waals surface area contributed by atoms with Crippen molar-refractivity contribution < 1.29 is 17.9 Å². The van der Waals surface area contributed by atoms with Gasteiger partial charge < -0.3 is 4.74 Å². The van der Waals surface area contributed by atoms with Gasteiger partial charge in [-0.25, -0.2) is 13.2 Å². The second kappa shape index (κ2) is 15.9. The van der Waals surface area contributed by atoms with E-state index in [2.05, 4.69) is 35.0 Å².